The van der Waals surface area contributed by atoms with E-state index in [4.69, 9.17) is 0 Å². The van der Waals surface area contributed by atoms with Crippen LogP contribution in [0.4, 0.5) is 4.39 Å². The Morgan fingerprint density at radius 2 is 1.94 bits per heavy atom. The van der Waals surface area contributed by atoms with E-state index in [1.165, 1.54) is 6.07 Å². The number of nitrogens with zero attached hydrogens (tertiary/aromatic N) is 4. The van der Waals surface area contributed by atoms with Crippen LogP contribution >= 0.6 is 0 Å². The summed E-state index contributed by atoms with van der Waals surface area (Å²) in [6.07, 6.45) is 0. The van der Waals surface area contributed by atoms with E-state index in [9.17, 15) is 4.39 Å². The van der Waals surface area contributed by atoms with Crippen LogP contribution in [0, 0.1) is 12.7 Å². The van der Waals surface area contributed by atoms with Gasteiger partial charge >= 0.3 is 0 Å². The molecule has 0 saturated carbocycles. The summed E-state index contributed by atoms with van der Waals surface area (Å²) >= 11 is 0. The highest BCUT2D eigenvalue weighted by atomic mass is 19.1. The third kappa shape index (κ3) is 2.18. The Morgan fingerprint density at radius 3 is 2.47 bits per heavy atom. The van der Waals surface area contributed by atoms with Crippen LogP contribution in [0.2, 0.25) is 0 Å². The Hall–Kier alpha value is -1.78. The van der Waals surface area contributed by atoms with Crippen LogP contribution in [0.15, 0.2) is 18.2 Å². The largest absolute Gasteiger partial charge is 0.207 e. The topological polar surface area (TPSA) is 43.6 Å². The first kappa shape index (κ1) is 11.7. The molecule has 0 radical (unpaired) electrons. The zero-order chi connectivity index (χ0) is 12.6. The van der Waals surface area contributed by atoms with Gasteiger partial charge in [0.25, 0.3) is 0 Å². The van der Waals surface area contributed by atoms with Gasteiger partial charge in [0.05, 0.1) is 5.69 Å². The maximum atomic E-state index is 13.7. The normalized spacial score (nSPS) is 11.8. The van der Waals surface area contributed by atoms with Crippen molar-refractivity contribution in [1.29, 1.82) is 0 Å². The summed E-state index contributed by atoms with van der Waals surface area (Å²) in [5.41, 5.74) is 1.19. The number of hydrogen-bond donors (Lipinski definition) is 0. The van der Waals surface area contributed by atoms with Crippen LogP contribution in [0.3, 0.4) is 0 Å². The van der Waals surface area contributed by atoms with Crippen LogP contribution < -0.4 is 0 Å². The van der Waals surface area contributed by atoms with Gasteiger partial charge in [-0.3, -0.25) is 0 Å². The molecule has 0 unspecified atom stereocenters. The average Bonchev–Trinajstić information content (AvgIpc) is 2.63. The molecule has 1 aromatic carbocycles. The van der Waals surface area contributed by atoms with Crippen molar-refractivity contribution in [3.8, 4) is 5.69 Å². The third-order valence-corrected chi connectivity index (χ3v) is 2.63. The van der Waals surface area contributed by atoms with Crippen molar-refractivity contribution in [1.82, 2.24) is 20.2 Å². The van der Waals surface area contributed by atoms with E-state index in [2.05, 4.69) is 15.5 Å². The zero-order valence-electron chi connectivity index (χ0n) is 10.4. The van der Waals surface area contributed by atoms with Gasteiger partial charge in [0.15, 0.2) is 5.82 Å². The molecule has 0 atom stereocenters. The Kier molecular flexibility index (Phi) is 2.69. The molecule has 5 heteroatoms. The van der Waals surface area contributed by atoms with Crippen LogP contribution in [0.25, 0.3) is 5.69 Å². The van der Waals surface area contributed by atoms with E-state index >= 15 is 0 Å². The van der Waals surface area contributed by atoms with Crippen molar-refractivity contribution >= 4 is 0 Å². The quantitative estimate of drug-likeness (QED) is 0.761. The molecule has 0 spiro atoms. The second-order valence-electron chi connectivity index (χ2n) is 5.05. The molecule has 4 nitrogen and oxygen atoms in total. The number of aryl methyl sites for hydroxylation is 1. The minimum atomic E-state index is -0.248. The zero-order valence-corrected chi connectivity index (χ0v) is 10.4. The van der Waals surface area contributed by atoms with Gasteiger partial charge in [-0.25, -0.2) is 4.39 Å². The third-order valence-electron chi connectivity index (χ3n) is 2.63. The van der Waals surface area contributed by atoms with E-state index in [0.29, 0.717) is 11.4 Å². The monoisotopic (exact) mass is 234 g/mol. The molecule has 90 valence electrons. The lowest BCUT2D eigenvalue weighted by Crippen LogP contribution is -2.14. The van der Waals surface area contributed by atoms with Crippen LogP contribution in [-0.2, 0) is 5.41 Å². The Balaban J connectivity index is 2.56. The number of halogens is 1. The summed E-state index contributed by atoms with van der Waals surface area (Å²) in [7, 11) is 0. The maximum absolute atomic E-state index is 13.7. The molecule has 0 fully saturated rings. The summed E-state index contributed by atoms with van der Waals surface area (Å²) in [4.78, 5) is 0. The predicted octanol–water partition coefficient (Wildman–Crippen LogP) is 2.41. The van der Waals surface area contributed by atoms with Crippen molar-refractivity contribution in [3.05, 3.63) is 35.4 Å². The van der Waals surface area contributed by atoms with Gasteiger partial charge in [-0.05, 0) is 46.5 Å². The summed E-state index contributed by atoms with van der Waals surface area (Å²) in [6.45, 7) is 7.73. The predicted molar refractivity (Wildman–Crippen MR) is 62.5 cm³/mol. The van der Waals surface area contributed by atoms with Crippen LogP contribution in [-0.4, -0.2) is 20.2 Å². The summed E-state index contributed by atoms with van der Waals surface area (Å²) in [5.74, 6) is 0.475. The highest BCUT2D eigenvalue weighted by Crippen LogP contribution is 2.27. The highest BCUT2D eigenvalue weighted by Gasteiger charge is 2.19. The number of tetrazole rings is 1. The molecule has 17 heavy (non-hydrogen) atoms. The minimum absolute atomic E-state index is 0.202. The molecule has 0 bridgehead atoms. The first-order valence-electron chi connectivity index (χ1n) is 5.45. The van der Waals surface area contributed by atoms with Crippen molar-refractivity contribution in [2.24, 2.45) is 0 Å². The molecule has 0 N–H and O–H groups in total. The molecule has 0 aliphatic carbocycles. The minimum Gasteiger partial charge on any atom is -0.207 e. The van der Waals surface area contributed by atoms with Crippen molar-refractivity contribution in [2.75, 3.05) is 0 Å². The molecular weight excluding hydrogens is 219 g/mol. The first-order chi connectivity index (χ1) is 7.89. The standard InChI is InChI=1S/C12H15FN4/c1-8-14-15-16-17(8)9-5-6-11(13)10(7-9)12(2,3)4/h5-7H,1-4H3. The number of aromatic nitrogens is 4. The van der Waals surface area contributed by atoms with E-state index < -0.39 is 0 Å². The lowest BCUT2D eigenvalue weighted by molar-refractivity contribution is 0.522. The van der Waals surface area contributed by atoms with Gasteiger partial charge < -0.3 is 0 Å². The number of rotatable bonds is 1. The van der Waals surface area contributed by atoms with Crippen molar-refractivity contribution in [3.63, 3.8) is 0 Å². The second-order valence-corrected chi connectivity index (χ2v) is 5.05. The van der Waals surface area contributed by atoms with Crippen LogP contribution in [0.1, 0.15) is 32.2 Å². The fraction of sp³-hybridized carbons (Fsp3) is 0.417. The van der Waals surface area contributed by atoms with Gasteiger partial charge in [0, 0.05) is 0 Å². The fourth-order valence-electron chi connectivity index (χ4n) is 1.69. The average molecular weight is 234 g/mol. The Bertz CT molecular complexity index is 540. The molecule has 0 saturated heterocycles. The second kappa shape index (κ2) is 3.91. The Morgan fingerprint density at radius 1 is 1.24 bits per heavy atom. The van der Waals surface area contributed by atoms with E-state index in [0.717, 1.165) is 5.69 Å². The molecule has 0 aliphatic heterocycles. The molecule has 0 aliphatic rings. The van der Waals surface area contributed by atoms with Gasteiger partial charge in [0.2, 0.25) is 0 Å². The van der Waals surface area contributed by atoms with Gasteiger partial charge in [0.1, 0.15) is 5.82 Å². The van der Waals surface area contributed by atoms with Crippen molar-refractivity contribution in [2.45, 2.75) is 33.1 Å². The summed E-state index contributed by atoms with van der Waals surface area (Å²) in [5, 5.41) is 11.3. The molecular formula is C12H15FN4. The highest BCUT2D eigenvalue weighted by molar-refractivity contribution is 5.39. The number of hydrogen-bond acceptors (Lipinski definition) is 3. The Labute approximate surface area is 99.5 Å². The summed E-state index contributed by atoms with van der Waals surface area (Å²) < 4.78 is 15.3. The van der Waals surface area contributed by atoms with E-state index in [-0.39, 0.29) is 11.2 Å². The van der Waals surface area contributed by atoms with E-state index in [1.54, 1.807) is 23.7 Å². The van der Waals surface area contributed by atoms with Crippen LogP contribution in [0.5, 0.6) is 0 Å². The fourth-order valence-corrected chi connectivity index (χ4v) is 1.69. The smallest absolute Gasteiger partial charge is 0.153 e. The molecule has 2 rings (SSSR count). The lowest BCUT2D eigenvalue weighted by Gasteiger charge is -2.20. The molecule has 1 heterocycles. The number of benzene rings is 1. The summed E-state index contributed by atoms with van der Waals surface area (Å²) in [6, 6.07) is 4.92. The first-order valence-corrected chi connectivity index (χ1v) is 5.45. The maximum Gasteiger partial charge on any atom is 0.153 e. The van der Waals surface area contributed by atoms with E-state index in [1.807, 2.05) is 20.8 Å². The molecule has 0 amide bonds. The van der Waals surface area contributed by atoms with Gasteiger partial charge in [-0.1, -0.05) is 20.8 Å². The van der Waals surface area contributed by atoms with Gasteiger partial charge in [-0.2, -0.15) is 4.68 Å². The molecule has 2 aromatic rings. The van der Waals surface area contributed by atoms with Gasteiger partial charge in [-0.15, -0.1) is 5.10 Å². The lowest BCUT2D eigenvalue weighted by atomic mass is 9.86. The molecule has 1 aromatic heterocycles. The van der Waals surface area contributed by atoms with Crippen molar-refractivity contribution < 1.29 is 4.39 Å². The SMILES string of the molecule is Cc1nnnn1-c1ccc(F)c(C(C)(C)C)c1.